The summed E-state index contributed by atoms with van der Waals surface area (Å²) in [5, 5.41) is 3.04. The van der Waals surface area contributed by atoms with E-state index in [0.29, 0.717) is 12.5 Å². The molecule has 0 radical (unpaired) electrons. The van der Waals surface area contributed by atoms with Gasteiger partial charge in [-0.25, -0.2) is 9.98 Å². The number of hydrogen-bond donors (Lipinski definition) is 3. The maximum absolute atomic E-state index is 5.91. The lowest BCUT2D eigenvalue weighted by Gasteiger charge is -2.06. The molecule has 0 saturated carbocycles. The molecule has 4 N–H and O–H groups in total. The van der Waals surface area contributed by atoms with E-state index in [0.717, 1.165) is 33.9 Å². The van der Waals surface area contributed by atoms with E-state index in [9.17, 15) is 0 Å². The number of methoxy groups -OCH3 is 1. The Hall–Kier alpha value is -3.02. The number of fused-ring (bicyclic) bond motifs is 1. The minimum absolute atomic E-state index is 0.340. The summed E-state index contributed by atoms with van der Waals surface area (Å²) in [6, 6.07) is 13.5. The Kier molecular flexibility index (Phi) is 4.14. The molecule has 0 aliphatic carbocycles. The molecular formula is C17H19N5O. The van der Waals surface area contributed by atoms with Crippen molar-refractivity contribution in [2.24, 2.45) is 10.7 Å². The van der Waals surface area contributed by atoms with Crippen molar-refractivity contribution in [1.29, 1.82) is 0 Å². The molecule has 0 saturated heterocycles. The molecule has 23 heavy (non-hydrogen) atoms. The number of para-hydroxylation sites is 1. The Labute approximate surface area is 134 Å². The second kappa shape index (κ2) is 6.39. The Morgan fingerprint density at radius 1 is 1.26 bits per heavy atom. The zero-order valence-electron chi connectivity index (χ0n) is 13.1. The third-order valence-corrected chi connectivity index (χ3v) is 3.53. The van der Waals surface area contributed by atoms with Crippen LogP contribution < -0.4 is 15.8 Å². The molecule has 0 atom stereocenters. The maximum Gasteiger partial charge on any atom is 0.193 e. The number of aliphatic imine (C=N–C) groups is 1. The number of benzene rings is 2. The van der Waals surface area contributed by atoms with E-state index in [2.05, 4.69) is 20.3 Å². The van der Waals surface area contributed by atoms with Gasteiger partial charge < -0.3 is 20.8 Å². The number of H-pyrrole nitrogens is 1. The van der Waals surface area contributed by atoms with Crippen molar-refractivity contribution >= 4 is 22.7 Å². The van der Waals surface area contributed by atoms with Crippen LogP contribution in [0.3, 0.4) is 0 Å². The largest absolute Gasteiger partial charge is 0.497 e. The van der Waals surface area contributed by atoms with Crippen molar-refractivity contribution in [3.63, 3.8) is 0 Å². The number of nitrogens with two attached hydrogens (primary N) is 1. The number of aromatic amines is 1. The number of nitrogens with zero attached hydrogens (tertiary/aromatic N) is 2. The summed E-state index contributed by atoms with van der Waals surface area (Å²) in [6.07, 6.45) is 0. The number of hydrogen-bond acceptors (Lipinski definition) is 3. The van der Waals surface area contributed by atoms with Crippen LogP contribution in [-0.4, -0.2) is 23.0 Å². The van der Waals surface area contributed by atoms with Crippen LogP contribution in [0.15, 0.2) is 47.5 Å². The van der Waals surface area contributed by atoms with Gasteiger partial charge in [0.15, 0.2) is 5.96 Å². The number of anilines is 1. The molecule has 0 amide bonds. The number of guanidine groups is 1. The number of imidazole rings is 1. The van der Waals surface area contributed by atoms with Gasteiger partial charge in [0.05, 0.1) is 18.1 Å². The van der Waals surface area contributed by atoms with Gasteiger partial charge in [0, 0.05) is 5.69 Å². The topological polar surface area (TPSA) is 88.3 Å². The van der Waals surface area contributed by atoms with Crippen LogP contribution in [-0.2, 0) is 6.54 Å². The predicted octanol–water partition coefficient (Wildman–Crippen LogP) is 2.81. The molecule has 0 spiro atoms. The van der Waals surface area contributed by atoms with E-state index < -0.39 is 0 Å². The fraction of sp³-hybridized carbons (Fsp3) is 0.176. The van der Waals surface area contributed by atoms with Gasteiger partial charge in [-0.2, -0.15) is 0 Å². The van der Waals surface area contributed by atoms with E-state index in [4.69, 9.17) is 10.5 Å². The summed E-state index contributed by atoms with van der Waals surface area (Å²) in [5.41, 5.74) is 9.89. The molecule has 6 nitrogen and oxygen atoms in total. The van der Waals surface area contributed by atoms with Crippen LogP contribution >= 0.6 is 0 Å². The third kappa shape index (κ3) is 3.42. The van der Waals surface area contributed by atoms with Crippen molar-refractivity contribution in [3.8, 4) is 5.75 Å². The summed E-state index contributed by atoms with van der Waals surface area (Å²) in [4.78, 5) is 12.1. The Bertz CT molecular complexity index is 836. The summed E-state index contributed by atoms with van der Waals surface area (Å²) < 4.78 is 5.12. The van der Waals surface area contributed by atoms with Gasteiger partial charge >= 0.3 is 0 Å². The minimum Gasteiger partial charge on any atom is -0.497 e. The van der Waals surface area contributed by atoms with E-state index in [1.807, 2.05) is 49.4 Å². The molecule has 3 rings (SSSR count). The van der Waals surface area contributed by atoms with Gasteiger partial charge in [-0.15, -0.1) is 0 Å². The fourth-order valence-corrected chi connectivity index (χ4v) is 2.32. The van der Waals surface area contributed by atoms with E-state index in [1.54, 1.807) is 7.11 Å². The molecule has 6 heteroatoms. The molecule has 0 fully saturated rings. The first-order chi connectivity index (χ1) is 11.2. The van der Waals surface area contributed by atoms with Crippen LogP contribution in [0.2, 0.25) is 0 Å². The molecule has 0 aliphatic rings. The molecule has 118 valence electrons. The lowest BCUT2D eigenvalue weighted by Crippen LogP contribution is -2.22. The smallest absolute Gasteiger partial charge is 0.193 e. The maximum atomic E-state index is 5.91. The SMILES string of the molecule is COc1ccc(NC(N)=NCc2nc3c(C)cccc3[nH]2)cc1. The zero-order valence-corrected chi connectivity index (χ0v) is 13.1. The standard InChI is InChI=1S/C17H19N5O/c1-11-4-3-5-14-16(11)22-15(21-14)10-19-17(18)20-12-6-8-13(23-2)9-7-12/h3-9H,10H2,1-2H3,(H,21,22)(H3,18,19,20). The molecule has 0 aliphatic heterocycles. The highest BCUT2D eigenvalue weighted by Crippen LogP contribution is 2.16. The highest BCUT2D eigenvalue weighted by molar-refractivity contribution is 5.92. The number of aryl methyl sites for hydroxylation is 1. The van der Waals surface area contributed by atoms with Crippen LogP contribution in [0.1, 0.15) is 11.4 Å². The normalized spacial score (nSPS) is 11.7. The summed E-state index contributed by atoms with van der Waals surface area (Å²) in [7, 11) is 1.63. The molecular weight excluding hydrogens is 290 g/mol. The average Bonchev–Trinajstić information content (AvgIpc) is 2.98. The monoisotopic (exact) mass is 309 g/mol. The molecule has 1 heterocycles. The second-order valence-electron chi connectivity index (χ2n) is 5.21. The zero-order chi connectivity index (χ0) is 16.2. The summed E-state index contributed by atoms with van der Waals surface area (Å²) in [6.45, 7) is 2.43. The predicted molar refractivity (Wildman–Crippen MR) is 92.8 cm³/mol. The Morgan fingerprint density at radius 3 is 2.74 bits per heavy atom. The number of aromatic nitrogens is 2. The van der Waals surface area contributed by atoms with Gasteiger partial charge in [-0.1, -0.05) is 12.1 Å². The van der Waals surface area contributed by atoms with Gasteiger partial charge in [-0.3, -0.25) is 0 Å². The summed E-state index contributed by atoms with van der Waals surface area (Å²) >= 11 is 0. The van der Waals surface area contributed by atoms with Crippen LogP contribution in [0.4, 0.5) is 5.69 Å². The van der Waals surface area contributed by atoms with Gasteiger partial charge in [-0.05, 0) is 42.8 Å². The van der Waals surface area contributed by atoms with Gasteiger partial charge in [0.1, 0.15) is 18.1 Å². The first-order valence-electron chi connectivity index (χ1n) is 7.31. The van der Waals surface area contributed by atoms with Crippen molar-refractivity contribution < 1.29 is 4.74 Å². The molecule has 2 aromatic carbocycles. The minimum atomic E-state index is 0.340. The van der Waals surface area contributed by atoms with Crippen molar-refractivity contribution in [2.75, 3.05) is 12.4 Å². The highest BCUT2D eigenvalue weighted by Gasteiger charge is 2.04. The molecule has 1 aromatic heterocycles. The highest BCUT2D eigenvalue weighted by atomic mass is 16.5. The van der Waals surface area contributed by atoms with Crippen LogP contribution in [0.25, 0.3) is 11.0 Å². The van der Waals surface area contributed by atoms with Gasteiger partial charge in [0.2, 0.25) is 0 Å². The van der Waals surface area contributed by atoms with E-state index in [-0.39, 0.29) is 0 Å². The number of ether oxygens (including phenoxy) is 1. The van der Waals surface area contributed by atoms with Gasteiger partial charge in [0.25, 0.3) is 0 Å². The quantitative estimate of drug-likeness (QED) is 0.511. The second-order valence-corrected chi connectivity index (χ2v) is 5.21. The first-order valence-corrected chi connectivity index (χ1v) is 7.31. The van der Waals surface area contributed by atoms with Crippen LogP contribution in [0, 0.1) is 6.92 Å². The molecule has 0 bridgehead atoms. The van der Waals surface area contributed by atoms with E-state index >= 15 is 0 Å². The molecule has 0 unspecified atom stereocenters. The summed E-state index contributed by atoms with van der Waals surface area (Å²) in [5.74, 6) is 1.92. The third-order valence-electron chi connectivity index (χ3n) is 3.53. The van der Waals surface area contributed by atoms with Crippen molar-refractivity contribution in [2.45, 2.75) is 13.5 Å². The number of nitrogens with one attached hydrogen (secondary N) is 2. The Balaban J connectivity index is 1.68. The molecule has 3 aromatic rings. The number of rotatable bonds is 4. The van der Waals surface area contributed by atoms with Crippen molar-refractivity contribution in [1.82, 2.24) is 9.97 Å². The van der Waals surface area contributed by atoms with Crippen molar-refractivity contribution in [3.05, 3.63) is 53.9 Å². The lowest BCUT2D eigenvalue weighted by atomic mass is 10.2. The van der Waals surface area contributed by atoms with E-state index in [1.165, 1.54) is 0 Å². The fourth-order valence-electron chi connectivity index (χ4n) is 2.32. The van der Waals surface area contributed by atoms with Crippen LogP contribution in [0.5, 0.6) is 5.75 Å². The average molecular weight is 309 g/mol. The lowest BCUT2D eigenvalue weighted by molar-refractivity contribution is 0.415. The first kappa shape index (κ1) is 14.9. The Morgan fingerprint density at radius 2 is 2.04 bits per heavy atom.